The maximum atomic E-state index is 11.5. The molecule has 2 aliphatic rings. The highest BCUT2D eigenvalue weighted by atomic mass is 32.2. The van der Waals surface area contributed by atoms with Crippen LogP contribution in [-0.2, 0) is 29.1 Å². The van der Waals surface area contributed by atoms with E-state index < -0.39 is 43.9 Å². The molecule has 2 N–H and O–H groups in total. The minimum atomic E-state index is -3.25. The Labute approximate surface area is 150 Å². The number of hydrogen-bond acceptors (Lipinski definition) is 8. The quantitative estimate of drug-likeness (QED) is 0.568. The van der Waals surface area contributed by atoms with Crippen molar-refractivity contribution in [2.45, 2.75) is 12.1 Å². The standard InChI is InChI=1S/C14H18N2O8S2/c17-13(15-11-3-7-25(19,20)9-11)23-5-1-2-6-24-14(18)16-12-4-8-26(21,22)10-12/h1-4,7-8,11-12H,5-6,9-10H2,(H,15,17)(H,16,18)/b2-1+. The molecule has 2 rings (SSSR count). The number of sulfone groups is 2. The van der Waals surface area contributed by atoms with Gasteiger partial charge in [0.1, 0.15) is 13.2 Å². The lowest BCUT2D eigenvalue weighted by atomic mass is 10.3. The van der Waals surface area contributed by atoms with Crippen LogP contribution in [0.2, 0.25) is 0 Å². The molecule has 10 nitrogen and oxygen atoms in total. The Kier molecular flexibility index (Phi) is 6.42. The molecular formula is C14H18N2O8S2. The van der Waals surface area contributed by atoms with E-state index in [1.807, 2.05) is 0 Å². The van der Waals surface area contributed by atoms with Crippen LogP contribution in [-0.4, -0.2) is 65.8 Å². The van der Waals surface area contributed by atoms with Crippen LogP contribution in [0.15, 0.2) is 35.1 Å². The fraction of sp³-hybridized carbons (Fsp3) is 0.429. The normalized spacial score (nSPS) is 25.2. The number of hydrogen-bond donors (Lipinski definition) is 2. The van der Waals surface area contributed by atoms with Gasteiger partial charge in [-0.2, -0.15) is 0 Å². The minimum absolute atomic E-state index is 0.0936. The van der Waals surface area contributed by atoms with Gasteiger partial charge >= 0.3 is 12.2 Å². The Balaban J connectivity index is 1.55. The third-order valence-corrected chi connectivity index (χ3v) is 6.05. The third kappa shape index (κ3) is 6.88. The van der Waals surface area contributed by atoms with Crippen molar-refractivity contribution in [1.82, 2.24) is 10.6 Å². The number of nitrogens with one attached hydrogen (secondary N) is 2. The molecule has 0 fully saturated rings. The number of carbonyl (C=O) groups excluding carboxylic acids is 2. The summed E-state index contributed by atoms with van der Waals surface area (Å²) in [7, 11) is -6.51. The highest BCUT2D eigenvalue weighted by Gasteiger charge is 2.24. The Bertz CT molecular complexity index is 772. The molecule has 0 aromatic heterocycles. The minimum Gasteiger partial charge on any atom is -0.445 e. The van der Waals surface area contributed by atoms with E-state index in [0.29, 0.717) is 0 Å². The van der Waals surface area contributed by atoms with E-state index in [0.717, 1.165) is 10.8 Å². The molecule has 0 bridgehead atoms. The third-order valence-electron chi connectivity index (χ3n) is 3.25. The van der Waals surface area contributed by atoms with Gasteiger partial charge in [0.2, 0.25) is 0 Å². The summed E-state index contributed by atoms with van der Waals surface area (Å²) in [5, 5.41) is 6.83. The smallest absolute Gasteiger partial charge is 0.407 e. The van der Waals surface area contributed by atoms with Crippen LogP contribution in [0.5, 0.6) is 0 Å². The lowest BCUT2D eigenvalue weighted by Crippen LogP contribution is -2.36. The maximum absolute atomic E-state index is 11.5. The van der Waals surface area contributed by atoms with Crippen molar-refractivity contribution in [3.8, 4) is 0 Å². The molecule has 0 radical (unpaired) electrons. The van der Waals surface area contributed by atoms with Gasteiger partial charge in [-0.25, -0.2) is 26.4 Å². The molecule has 0 saturated heterocycles. The average Bonchev–Trinajstić information content (AvgIpc) is 3.04. The zero-order valence-electron chi connectivity index (χ0n) is 13.5. The molecule has 0 saturated carbocycles. The summed E-state index contributed by atoms with van der Waals surface area (Å²) in [6, 6.07) is -1.23. The first kappa shape index (κ1) is 20.0. The van der Waals surface area contributed by atoms with Gasteiger partial charge in [0.15, 0.2) is 19.7 Å². The van der Waals surface area contributed by atoms with Crippen LogP contribution in [0.4, 0.5) is 9.59 Å². The molecule has 2 heterocycles. The predicted molar refractivity (Wildman–Crippen MR) is 91.5 cm³/mol. The van der Waals surface area contributed by atoms with Gasteiger partial charge in [0.05, 0.1) is 23.6 Å². The monoisotopic (exact) mass is 406 g/mol. The molecule has 0 spiro atoms. The topological polar surface area (TPSA) is 145 Å². The van der Waals surface area contributed by atoms with E-state index in [1.165, 1.54) is 24.3 Å². The molecule has 26 heavy (non-hydrogen) atoms. The fourth-order valence-electron chi connectivity index (χ4n) is 2.10. The first-order valence-corrected chi connectivity index (χ1v) is 10.9. The van der Waals surface area contributed by atoms with Crippen molar-refractivity contribution in [3.05, 3.63) is 35.1 Å². The maximum Gasteiger partial charge on any atom is 0.407 e. The van der Waals surface area contributed by atoms with Crippen molar-refractivity contribution in [2.75, 3.05) is 24.7 Å². The van der Waals surface area contributed by atoms with E-state index in [2.05, 4.69) is 10.6 Å². The van der Waals surface area contributed by atoms with E-state index in [1.54, 1.807) is 0 Å². The van der Waals surface area contributed by atoms with Gasteiger partial charge in [0.25, 0.3) is 0 Å². The van der Waals surface area contributed by atoms with E-state index in [4.69, 9.17) is 9.47 Å². The lowest BCUT2D eigenvalue weighted by molar-refractivity contribution is 0.152. The number of amides is 2. The summed E-state index contributed by atoms with van der Waals surface area (Å²) in [4.78, 5) is 22.9. The van der Waals surface area contributed by atoms with Crippen molar-refractivity contribution < 1.29 is 35.9 Å². The van der Waals surface area contributed by atoms with Crippen LogP contribution < -0.4 is 10.6 Å². The highest BCUT2D eigenvalue weighted by Crippen LogP contribution is 2.08. The van der Waals surface area contributed by atoms with E-state index in [9.17, 15) is 26.4 Å². The second-order valence-electron chi connectivity index (χ2n) is 5.49. The van der Waals surface area contributed by atoms with Crippen LogP contribution in [0.1, 0.15) is 0 Å². The second kappa shape index (κ2) is 8.36. The first-order valence-electron chi connectivity index (χ1n) is 7.49. The Morgan fingerprint density at radius 3 is 1.54 bits per heavy atom. The molecule has 0 aromatic rings. The van der Waals surface area contributed by atoms with Crippen LogP contribution in [0, 0.1) is 0 Å². The summed E-state index contributed by atoms with van der Waals surface area (Å²) in [6.45, 7) is -0.187. The summed E-state index contributed by atoms with van der Waals surface area (Å²) in [5.74, 6) is -0.392. The highest BCUT2D eigenvalue weighted by molar-refractivity contribution is 7.94. The number of rotatable bonds is 6. The van der Waals surface area contributed by atoms with Crippen LogP contribution >= 0.6 is 0 Å². The predicted octanol–water partition coefficient (Wildman–Crippen LogP) is -0.384. The summed E-state index contributed by atoms with van der Waals surface area (Å²) in [6.07, 6.45) is 4.07. The van der Waals surface area contributed by atoms with Gasteiger partial charge in [-0.3, -0.25) is 0 Å². The Morgan fingerprint density at radius 2 is 1.23 bits per heavy atom. The van der Waals surface area contributed by atoms with Crippen molar-refractivity contribution in [1.29, 1.82) is 0 Å². The van der Waals surface area contributed by atoms with E-state index in [-0.39, 0.29) is 24.7 Å². The molecular weight excluding hydrogens is 388 g/mol. The molecule has 2 amide bonds. The molecule has 0 aromatic carbocycles. The Hall–Kier alpha value is -2.34. The van der Waals surface area contributed by atoms with Gasteiger partial charge in [-0.15, -0.1) is 0 Å². The number of ether oxygens (including phenoxy) is 2. The van der Waals surface area contributed by atoms with Crippen molar-refractivity contribution >= 4 is 31.9 Å². The van der Waals surface area contributed by atoms with Crippen LogP contribution in [0.3, 0.4) is 0 Å². The molecule has 2 unspecified atom stereocenters. The SMILES string of the molecule is O=C(NC1C=CS(=O)(=O)C1)OC/C=C/COC(=O)NC1C=CS(=O)(=O)C1. The zero-order valence-corrected chi connectivity index (χ0v) is 15.2. The lowest BCUT2D eigenvalue weighted by Gasteiger charge is -2.10. The van der Waals surface area contributed by atoms with Gasteiger partial charge in [-0.05, 0) is 24.3 Å². The number of carbonyl (C=O) groups is 2. The van der Waals surface area contributed by atoms with Crippen LogP contribution in [0.25, 0.3) is 0 Å². The Morgan fingerprint density at radius 1 is 0.846 bits per heavy atom. The fourth-order valence-corrected chi connectivity index (χ4v) is 4.57. The first-order chi connectivity index (χ1) is 12.2. The van der Waals surface area contributed by atoms with Crippen molar-refractivity contribution in [3.63, 3.8) is 0 Å². The van der Waals surface area contributed by atoms with Gasteiger partial charge in [0, 0.05) is 10.8 Å². The summed E-state index contributed by atoms with van der Waals surface area (Å²) < 4.78 is 54.3. The van der Waals surface area contributed by atoms with Gasteiger partial charge in [-0.1, -0.05) is 0 Å². The molecule has 0 aliphatic carbocycles. The summed E-state index contributed by atoms with van der Waals surface area (Å²) in [5.41, 5.74) is 0. The van der Waals surface area contributed by atoms with E-state index >= 15 is 0 Å². The zero-order chi connectivity index (χ0) is 19.2. The number of alkyl carbamates (subject to hydrolysis) is 2. The summed E-state index contributed by atoms with van der Waals surface area (Å²) >= 11 is 0. The molecule has 2 atom stereocenters. The molecule has 144 valence electrons. The van der Waals surface area contributed by atoms with Crippen molar-refractivity contribution in [2.24, 2.45) is 0 Å². The molecule has 12 heteroatoms. The largest absolute Gasteiger partial charge is 0.445 e. The molecule has 2 aliphatic heterocycles. The average molecular weight is 406 g/mol. The van der Waals surface area contributed by atoms with Gasteiger partial charge < -0.3 is 20.1 Å². The second-order valence-corrected chi connectivity index (χ2v) is 9.35.